The van der Waals surface area contributed by atoms with E-state index in [1.165, 1.54) is 5.56 Å². The number of para-hydroxylation sites is 1. The highest BCUT2D eigenvalue weighted by Crippen LogP contribution is 2.29. The Hall–Kier alpha value is -2.23. The molecule has 0 saturated carbocycles. The van der Waals surface area contributed by atoms with Crippen molar-refractivity contribution in [3.8, 4) is 5.75 Å². The molecule has 4 heteroatoms. The summed E-state index contributed by atoms with van der Waals surface area (Å²) in [6.07, 6.45) is 2.78. The van der Waals surface area contributed by atoms with E-state index < -0.39 is 0 Å². The molecule has 0 amide bonds. The molecule has 0 aliphatic rings. The van der Waals surface area contributed by atoms with Crippen LogP contribution < -0.4 is 15.8 Å². The number of hydrogen-bond acceptors (Lipinski definition) is 4. The van der Waals surface area contributed by atoms with Gasteiger partial charge in [-0.2, -0.15) is 0 Å². The van der Waals surface area contributed by atoms with E-state index in [2.05, 4.69) is 23.3 Å². The van der Waals surface area contributed by atoms with Gasteiger partial charge in [0.2, 0.25) is 0 Å². The van der Waals surface area contributed by atoms with Gasteiger partial charge in [-0.15, -0.1) is 0 Å². The van der Waals surface area contributed by atoms with Crippen LogP contribution in [0.5, 0.6) is 5.75 Å². The molecule has 2 rings (SSSR count). The van der Waals surface area contributed by atoms with Gasteiger partial charge in [-0.25, -0.2) is 0 Å². The maximum Gasteiger partial charge on any atom is 0.143 e. The van der Waals surface area contributed by atoms with Crippen molar-refractivity contribution in [2.75, 3.05) is 18.2 Å². The molecule has 0 aliphatic carbocycles. The lowest BCUT2D eigenvalue weighted by Crippen LogP contribution is -2.07. The highest BCUT2D eigenvalue weighted by atomic mass is 16.5. The van der Waals surface area contributed by atoms with Crippen LogP contribution in [0.3, 0.4) is 0 Å². The predicted octanol–water partition coefficient (Wildman–Crippen LogP) is 2.85. The number of nitrogens with one attached hydrogen (secondary N) is 1. The summed E-state index contributed by atoms with van der Waals surface area (Å²) in [7, 11) is 1.61. The fraction of sp³-hybridized carbons (Fsp3) is 0.267. The summed E-state index contributed by atoms with van der Waals surface area (Å²) in [6, 6.07) is 9.75. The van der Waals surface area contributed by atoms with Crippen molar-refractivity contribution in [3.05, 3.63) is 47.8 Å². The number of rotatable bonds is 5. The maximum atomic E-state index is 6.02. The zero-order valence-corrected chi connectivity index (χ0v) is 11.3. The minimum absolute atomic E-state index is 0.624. The third kappa shape index (κ3) is 2.96. The molecule has 4 nitrogen and oxygen atoms in total. The van der Waals surface area contributed by atoms with Crippen molar-refractivity contribution < 1.29 is 4.74 Å². The Morgan fingerprint density at radius 3 is 2.84 bits per heavy atom. The summed E-state index contributed by atoms with van der Waals surface area (Å²) in [4.78, 5) is 4.40. The summed E-state index contributed by atoms with van der Waals surface area (Å²) in [6.45, 7) is 2.78. The Labute approximate surface area is 113 Å². The van der Waals surface area contributed by atoms with Gasteiger partial charge in [0.25, 0.3) is 0 Å². The highest BCUT2D eigenvalue weighted by Gasteiger charge is 2.06. The monoisotopic (exact) mass is 257 g/mol. The Morgan fingerprint density at radius 1 is 1.26 bits per heavy atom. The molecular formula is C15H19N3O. The van der Waals surface area contributed by atoms with Crippen LogP contribution in [0.1, 0.15) is 18.2 Å². The molecule has 1 heterocycles. The van der Waals surface area contributed by atoms with Crippen molar-refractivity contribution in [1.29, 1.82) is 0 Å². The zero-order chi connectivity index (χ0) is 13.7. The van der Waals surface area contributed by atoms with Crippen LogP contribution in [-0.2, 0) is 13.0 Å². The first-order valence-corrected chi connectivity index (χ1v) is 6.35. The fourth-order valence-corrected chi connectivity index (χ4v) is 2.01. The van der Waals surface area contributed by atoms with Crippen LogP contribution >= 0.6 is 0 Å². The van der Waals surface area contributed by atoms with Crippen LogP contribution in [0.4, 0.5) is 11.4 Å². The van der Waals surface area contributed by atoms with E-state index >= 15 is 0 Å². The molecule has 0 atom stereocenters. The van der Waals surface area contributed by atoms with Gasteiger partial charge in [0, 0.05) is 6.20 Å². The van der Waals surface area contributed by atoms with Gasteiger partial charge in [0.1, 0.15) is 5.75 Å². The van der Waals surface area contributed by atoms with E-state index in [1.807, 2.05) is 30.5 Å². The summed E-state index contributed by atoms with van der Waals surface area (Å²) in [5, 5.41) is 3.31. The number of aryl methyl sites for hydroxylation is 1. The van der Waals surface area contributed by atoms with Gasteiger partial charge in [0.05, 0.1) is 30.7 Å². The molecule has 0 aliphatic heterocycles. The number of ether oxygens (including phenoxy) is 1. The molecular weight excluding hydrogens is 238 g/mol. The van der Waals surface area contributed by atoms with Crippen molar-refractivity contribution in [2.24, 2.45) is 0 Å². The lowest BCUT2D eigenvalue weighted by Gasteiger charge is -2.13. The average molecular weight is 257 g/mol. The third-order valence-electron chi connectivity index (χ3n) is 3.10. The van der Waals surface area contributed by atoms with Crippen LogP contribution in [0.15, 0.2) is 36.5 Å². The first-order valence-electron chi connectivity index (χ1n) is 6.35. The number of pyridine rings is 1. The minimum atomic E-state index is 0.624. The van der Waals surface area contributed by atoms with E-state index in [0.717, 1.165) is 17.8 Å². The number of methoxy groups -OCH3 is 1. The van der Waals surface area contributed by atoms with Crippen LogP contribution in [0.2, 0.25) is 0 Å². The topological polar surface area (TPSA) is 60.2 Å². The van der Waals surface area contributed by atoms with Gasteiger partial charge in [-0.05, 0) is 30.2 Å². The number of hydrogen-bond donors (Lipinski definition) is 2. The first kappa shape index (κ1) is 13.2. The Balaban J connectivity index is 2.15. The van der Waals surface area contributed by atoms with Crippen molar-refractivity contribution >= 4 is 11.4 Å². The Morgan fingerprint density at radius 2 is 2.11 bits per heavy atom. The first-order chi connectivity index (χ1) is 9.26. The van der Waals surface area contributed by atoms with Crippen molar-refractivity contribution in [1.82, 2.24) is 4.98 Å². The molecule has 2 aromatic rings. The molecule has 0 bridgehead atoms. The summed E-state index contributed by atoms with van der Waals surface area (Å²) in [5.74, 6) is 0.682. The highest BCUT2D eigenvalue weighted by molar-refractivity contribution is 5.72. The van der Waals surface area contributed by atoms with E-state index in [9.17, 15) is 0 Å². The van der Waals surface area contributed by atoms with Crippen molar-refractivity contribution in [3.63, 3.8) is 0 Å². The molecule has 0 spiro atoms. The number of aromatic nitrogens is 1. The molecule has 1 aromatic carbocycles. The number of nitrogens with two attached hydrogens (primary N) is 1. The molecule has 3 N–H and O–H groups in total. The second kappa shape index (κ2) is 6.09. The Bertz CT molecular complexity index is 555. The summed E-state index contributed by atoms with van der Waals surface area (Å²) in [5.41, 5.74) is 9.81. The van der Waals surface area contributed by atoms with E-state index in [4.69, 9.17) is 10.5 Å². The third-order valence-corrected chi connectivity index (χ3v) is 3.10. The number of anilines is 2. The summed E-state index contributed by atoms with van der Waals surface area (Å²) >= 11 is 0. The van der Waals surface area contributed by atoms with Crippen LogP contribution in [0, 0.1) is 0 Å². The molecule has 0 unspecified atom stereocenters. The lowest BCUT2D eigenvalue weighted by atomic mass is 10.1. The normalized spacial score (nSPS) is 10.2. The van der Waals surface area contributed by atoms with Gasteiger partial charge < -0.3 is 15.8 Å². The summed E-state index contributed by atoms with van der Waals surface area (Å²) < 4.78 is 5.20. The number of nitrogen functional groups attached to an aromatic ring is 1. The molecule has 0 fully saturated rings. The van der Waals surface area contributed by atoms with E-state index in [1.54, 1.807) is 7.11 Å². The Kier molecular flexibility index (Phi) is 4.23. The van der Waals surface area contributed by atoms with Crippen molar-refractivity contribution in [2.45, 2.75) is 19.9 Å². The van der Waals surface area contributed by atoms with Crippen LogP contribution in [0.25, 0.3) is 0 Å². The zero-order valence-electron chi connectivity index (χ0n) is 11.3. The van der Waals surface area contributed by atoms with E-state index in [-0.39, 0.29) is 0 Å². The smallest absolute Gasteiger partial charge is 0.143 e. The molecule has 100 valence electrons. The number of nitrogens with zero attached hydrogens (tertiary/aromatic N) is 1. The lowest BCUT2D eigenvalue weighted by molar-refractivity contribution is 0.417. The number of benzene rings is 1. The average Bonchev–Trinajstić information content (AvgIpc) is 2.46. The van der Waals surface area contributed by atoms with Gasteiger partial charge in [-0.1, -0.05) is 19.1 Å². The second-order valence-corrected chi connectivity index (χ2v) is 4.24. The van der Waals surface area contributed by atoms with E-state index in [0.29, 0.717) is 18.0 Å². The largest absolute Gasteiger partial charge is 0.495 e. The van der Waals surface area contributed by atoms with Gasteiger partial charge in [-0.3, -0.25) is 4.98 Å². The molecule has 1 aromatic heterocycles. The molecule has 19 heavy (non-hydrogen) atoms. The second-order valence-electron chi connectivity index (χ2n) is 4.24. The molecule has 0 saturated heterocycles. The molecule has 0 radical (unpaired) electrons. The predicted molar refractivity (Wildman–Crippen MR) is 78.3 cm³/mol. The quantitative estimate of drug-likeness (QED) is 0.809. The fourth-order valence-electron chi connectivity index (χ4n) is 2.01. The SMILES string of the molecule is CCc1cccnc1CNc1cccc(OC)c1N. The maximum absolute atomic E-state index is 6.02. The minimum Gasteiger partial charge on any atom is -0.495 e. The van der Waals surface area contributed by atoms with Crippen LogP contribution in [-0.4, -0.2) is 12.1 Å². The van der Waals surface area contributed by atoms with Gasteiger partial charge >= 0.3 is 0 Å². The van der Waals surface area contributed by atoms with Gasteiger partial charge in [0.15, 0.2) is 0 Å². The standard InChI is InChI=1S/C15H19N3O/c1-3-11-6-5-9-17-13(11)10-18-12-7-4-8-14(19-2)15(12)16/h4-9,18H,3,10,16H2,1-2H3.